The van der Waals surface area contributed by atoms with E-state index in [-0.39, 0.29) is 28.0 Å². The Morgan fingerprint density at radius 3 is 2.00 bits per heavy atom. The fourth-order valence-corrected chi connectivity index (χ4v) is 1.52. The van der Waals surface area contributed by atoms with Gasteiger partial charge in [0, 0.05) is 19.9 Å². The van der Waals surface area contributed by atoms with Crippen LogP contribution in [0.1, 0.15) is 13.8 Å². The van der Waals surface area contributed by atoms with Gasteiger partial charge in [-0.2, -0.15) is 0 Å². The first kappa shape index (κ1) is 13.9. The lowest BCUT2D eigenvalue weighted by atomic mass is 10.2. The monoisotopic (exact) mass is 271 g/mol. The van der Waals surface area contributed by atoms with Gasteiger partial charge in [0.15, 0.2) is 0 Å². The van der Waals surface area contributed by atoms with Crippen molar-refractivity contribution in [3.05, 3.63) is 27.3 Å². The van der Waals surface area contributed by atoms with E-state index in [1.807, 2.05) is 0 Å². The molecule has 0 fully saturated rings. The number of carbonyl (C=O) groups excluding carboxylic acids is 2. The lowest BCUT2D eigenvalue weighted by Gasteiger charge is -2.10. The minimum Gasteiger partial charge on any atom is -0.324 e. The van der Waals surface area contributed by atoms with Gasteiger partial charge in [0.2, 0.25) is 11.8 Å². The number of rotatable bonds is 3. The summed E-state index contributed by atoms with van der Waals surface area (Å²) in [6.07, 6.45) is 0. The summed E-state index contributed by atoms with van der Waals surface area (Å²) < 4.78 is 0. The smallest absolute Gasteiger partial charge is 0.290 e. The third-order valence-electron chi connectivity index (χ3n) is 1.91. The van der Waals surface area contributed by atoms with Gasteiger partial charge < -0.3 is 10.6 Å². The first-order valence-electron chi connectivity index (χ1n) is 4.84. The number of halogens is 1. The van der Waals surface area contributed by atoms with Crippen molar-refractivity contribution in [2.24, 2.45) is 0 Å². The van der Waals surface area contributed by atoms with E-state index in [0.29, 0.717) is 0 Å². The van der Waals surface area contributed by atoms with Crippen molar-refractivity contribution in [1.82, 2.24) is 0 Å². The number of carbonyl (C=O) groups is 2. The molecule has 0 aliphatic rings. The van der Waals surface area contributed by atoms with E-state index < -0.39 is 10.8 Å². The van der Waals surface area contributed by atoms with Gasteiger partial charge in [0.05, 0.1) is 16.3 Å². The van der Waals surface area contributed by atoms with Crippen LogP contribution in [0.4, 0.5) is 17.1 Å². The van der Waals surface area contributed by atoms with Crippen molar-refractivity contribution in [2.75, 3.05) is 10.6 Å². The minimum atomic E-state index is -0.675. The van der Waals surface area contributed by atoms with Gasteiger partial charge in [0.25, 0.3) is 5.69 Å². The average Bonchev–Trinajstić information content (AvgIpc) is 2.19. The zero-order valence-corrected chi connectivity index (χ0v) is 10.4. The summed E-state index contributed by atoms with van der Waals surface area (Å²) in [5.74, 6) is -0.801. The summed E-state index contributed by atoms with van der Waals surface area (Å²) in [6, 6.07) is 2.31. The van der Waals surface area contributed by atoms with Gasteiger partial charge in [0.1, 0.15) is 5.02 Å². The Bertz CT molecular complexity index is 530. The lowest BCUT2D eigenvalue weighted by molar-refractivity contribution is -0.384. The van der Waals surface area contributed by atoms with Crippen LogP contribution in [0.5, 0.6) is 0 Å². The van der Waals surface area contributed by atoms with Crippen molar-refractivity contribution in [2.45, 2.75) is 13.8 Å². The number of nitro benzene ring substituents is 1. The second-order valence-corrected chi connectivity index (χ2v) is 3.88. The summed E-state index contributed by atoms with van der Waals surface area (Å²) in [6.45, 7) is 2.52. The van der Waals surface area contributed by atoms with E-state index in [1.165, 1.54) is 19.9 Å². The van der Waals surface area contributed by atoms with E-state index in [0.717, 1.165) is 6.07 Å². The molecule has 1 aromatic rings. The van der Waals surface area contributed by atoms with Crippen molar-refractivity contribution >= 4 is 40.5 Å². The van der Waals surface area contributed by atoms with Crippen LogP contribution in [0.3, 0.4) is 0 Å². The molecular formula is C10H10ClN3O4. The molecule has 0 saturated carbocycles. The molecule has 0 saturated heterocycles. The SMILES string of the molecule is CC(=O)Nc1cc(Cl)c([N+](=O)[O-])cc1NC(C)=O. The molecule has 0 spiro atoms. The fourth-order valence-electron chi connectivity index (χ4n) is 1.29. The third-order valence-corrected chi connectivity index (χ3v) is 2.21. The first-order valence-corrected chi connectivity index (χ1v) is 5.22. The third kappa shape index (κ3) is 3.42. The quantitative estimate of drug-likeness (QED) is 0.649. The lowest BCUT2D eigenvalue weighted by Crippen LogP contribution is -2.12. The number of amides is 2. The van der Waals surface area contributed by atoms with E-state index in [9.17, 15) is 19.7 Å². The minimum absolute atomic E-state index is 0.119. The predicted octanol–water partition coefficient (Wildman–Crippen LogP) is 2.17. The Labute approximate surface area is 107 Å². The van der Waals surface area contributed by atoms with Crippen molar-refractivity contribution < 1.29 is 14.5 Å². The van der Waals surface area contributed by atoms with Crippen molar-refractivity contribution in [3.8, 4) is 0 Å². The molecule has 1 rings (SSSR count). The normalized spacial score (nSPS) is 9.72. The topological polar surface area (TPSA) is 101 Å². The predicted molar refractivity (Wildman–Crippen MR) is 66.7 cm³/mol. The Kier molecular flexibility index (Phi) is 4.22. The van der Waals surface area contributed by atoms with E-state index in [1.54, 1.807) is 0 Å². The molecule has 2 amide bonds. The number of nitro groups is 1. The molecule has 0 aromatic heterocycles. The molecular weight excluding hydrogens is 262 g/mol. The van der Waals surface area contributed by atoms with E-state index >= 15 is 0 Å². The largest absolute Gasteiger partial charge is 0.324 e. The number of nitrogens with zero attached hydrogens (tertiary/aromatic N) is 1. The highest BCUT2D eigenvalue weighted by atomic mass is 35.5. The molecule has 0 bridgehead atoms. The maximum Gasteiger partial charge on any atom is 0.290 e. The second-order valence-electron chi connectivity index (χ2n) is 3.47. The molecule has 8 heteroatoms. The number of anilines is 2. The summed E-state index contributed by atoms with van der Waals surface area (Å²) >= 11 is 5.71. The average molecular weight is 272 g/mol. The number of hydrogen-bond donors (Lipinski definition) is 2. The zero-order valence-electron chi connectivity index (χ0n) is 9.61. The van der Waals surface area contributed by atoms with Gasteiger partial charge >= 0.3 is 0 Å². The van der Waals surface area contributed by atoms with E-state index in [2.05, 4.69) is 10.6 Å². The summed E-state index contributed by atoms with van der Waals surface area (Å²) in [7, 11) is 0. The Morgan fingerprint density at radius 1 is 1.17 bits per heavy atom. The van der Waals surface area contributed by atoms with Crippen LogP contribution >= 0.6 is 11.6 Å². The molecule has 0 heterocycles. The molecule has 0 radical (unpaired) electrons. The molecule has 0 aliphatic carbocycles. The van der Waals surface area contributed by atoms with Crippen LogP contribution in [-0.2, 0) is 9.59 Å². The highest BCUT2D eigenvalue weighted by Crippen LogP contribution is 2.34. The number of benzene rings is 1. The molecule has 0 atom stereocenters. The van der Waals surface area contributed by atoms with Gasteiger partial charge in [-0.05, 0) is 6.07 Å². The summed E-state index contributed by atoms with van der Waals surface area (Å²) in [4.78, 5) is 32.0. The van der Waals surface area contributed by atoms with Gasteiger partial charge in [-0.15, -0.1) is 0 Å². The van der Waals surface area contributed by atoms with Crippen LogP contribution in [0.25, 0.3) is 0 Å². The molecule has 7 nitrogen and oxygen atoms in total. The number of hydrogen-bond acceptors (Lipinski definition) is 4. The van der Waals surface area contributed by atoms with Crippen LogP contribution in [-0.4, -0.2) is 16.7 Å². The van der Waals surface area contributed by atoms with Crippen molar-refractivity contribution in [1.29, 1.82) is 0 Å². The summed E-state index contributed by atoms with van der Waals surface area (Å²) in [5.41, 5.74) is -0.0309. The Morgan fingerprint density at radius 2 is 1.61 bits per heavy atom. The molecule has 2 N–H and O–H groups in total. The molecule has 1 aromatic carbocycles. The van der Waals surface area contributed by atoms with Crippen LogP contribution in [0.2, 0.25) is 5.02 Å². The highest BCUT2D eigenvalue weighted by Gasteiger charge is 2.18. The Balaban J connectivity index is 3.31. The van der Waals surface area contributed by atoms with Crippen LogP contribution in [0, 0.1) is 10.1 Å². The molecule has 18 heavy (non-hydrogen) atoms. The number of nitrogens with one attached hydrogen (secondary N) is 2. The fraction of sp³-hybridized carbons (Fsp3) is 0.200. The maximum atomic E-state index is 11.0. The molecule has 0 aliphatic heterocycles. The zero-order chi connectivity index (χ0) is 13.9. The first-order chi connectivity index (χ1) is 8.31. The standard InChI is InChI=1S/C10H10ClN3O4/c1-5(15)12-8-3-7(11)10(14(17)18)4-9(8)13-6(2)16/h3-4H,1-2H3,(H,12,15)(H,13,16). The van der Waals surface area contributed by atoms with Gasteiger partial charge in [-0.25, -0.2) is 0 Å². The molecule has 0 unspecified atom stereocenters. The van der Waals surface area contributed by atoms with Crippen LogP contribution in [0.15, 0.2) is 12.1 Å². The van der Waals surface area contributed by atoms with Crippen LogP contribution < -0.4 is 10.6 Å². The second kappa shape index (κ2) is 5.46. The molecule has 96 valence electrons. The Hall–Kier alpha value is -2.15. The van der Waals surface area contributed by atoms with Gasteiger partial charge in [-0.1, -0.05) is 11.6 Å². The maximum absolute atomic E-state index is 11.0. The highest BCUT2D eigenvalue weighted by molar-refractivity contribution is 6.33. The van der Waals surface area contributed by atoms with Gasteiger partial charge in [-0.3, -0.25) is 19.7 Å². The van der Waals surface area contributed by atoms with E-state index in [4.69, 9.17) is 11.6 Å². The van der Waals surface area contributed by atoms with Crippen molar-refractivity contribution in [3.63, 3.8) is 0 Å². The summed E-state index contributed by atoms with van der Waals surface area (Å²) in [5, 5.41) is 15.4.